The molecule has 0 fully saturated rings. The van der Waals surface area contributed by atoms with Gasteiger partial charge >= 0.3 is 23.3 Å². The van der Waals surface area contributed by atoms with Gasteiger partial charge < -0.3 is 25.4 Å². The third kappa shape index (κ3) is 2.14. The molecule has 0 amide bonds. The molecule has 15 heteroatoms. The van der Waals surface area contributed by atoms with Gasteiger partial charge in [0.2, 0.25) is 10.3 Å². The van der Waals surface area contributed by atoms with Crippen LogP contribution in [0.5, 0.6) is 0 Å². The second-order valence-corrected chi connectivity index (χ2v) is 2.71. The van der Waals surface area contributed by atoms with Crippen molar-refractivity contribution < 1.29 is 24.0 Å². The Bertz CT molecular complexity index is 670. The molecule has 0 aliphatic heterocycles. The average Bonchev–Trinajstić information content (AvgIpc) is 2.96. The van der Waals surface area contributed by atoms with Gasteiger partial charge in [-0.1, -0.05) is 0 Å². The molecule has 2 aromatic heterocycles. The number of hydrogen-bond donors (Lipinski definition) is 0. The molecule has 98 valence electrons. The average molecular weight is 272 g/mol. The zero-order valence-electron chi connectivity index (χ0n) is 8.44. The predicted molar refractivity (Wildman–Crippen MR) is 47.3 cm³/mol. The summed E-state index contributed by atoms with van der Waals surface area (Å²) in [6.45, 7) is 0. The topological polar surface area (TPSA) is 203 Å². The molecular formula is C4N8O7. The second-order valence-electron chi connectivity index (χ2n) is 2.71. The van der Waals surface area contributed by atoms with E-state index in [9.17, 15) is 25.4 Å². The van der Waals surface area contributed by atoms with Crippen molar-refractivity contribution in [3.8, 4) is 0 Å². The minimum atomic E-state index is -1.05. The van der Waals surface area contributed by atoms with Gasteiger partial charge in [0.25, 0.3) is 0 Å². The molecule has 0 aliphatic rings. The highest BCUT2D eigenvalue weighted by molar-refractivity contribution is 5.42. The molecule has 2 aromatic rings. The maximum atomic E-state index is 11.4. The lowest BCUT2D eigenvalue weighted by atomic mass is 10.6. The Morgan fingerprint density at radius 1 is 0.842 bits per heavy atom. The highest BCUT2D eigenvalue weighted by Gasteiger charge is 2.34. The summed E-state index contributed by atoms with van der Waals surface area (Å²) in [5.41, 5.74) is 0. The Balaban J connectivity index is 2.43. The van der Waals surface area contributed by atoms with Crippen LogP contribution in [0.4, 0.5) is 23.3 Å². The molecule has 0 N–H and O–H groups in total. The first-order chi connectivity index (χ1) is 9.00. The molecule has 2 heterocycles. The van der Waals surface area contributed by atoms with Gasteiger partial charge in [0.15, 0.2) is 5.16 Å². The zero-order chi connectivity index (χ0) is 14.0. The lowest BCUT2D eigenvalue weighted by Crippen LogP contribution is -1.97. The SMILES string of the molecule is O=[N+]([O-])c1nonc1N=[N+]([O-])c1nonc1[N+](=O)[O-]. The highest BCUT2D eigenvalue weighted by Crippen LogP contribution is 2.26. The third-order valence-corrected chi connectivity index (χ3v) is 1.62. The maximum Gasteiger partial charge on any atom is 0.515 e. The minimum Gasteiger partial charge on any atom is -0.690 e. The molecule has 19 heavy (non-hydrogen) atoms. The van der Waals surface area contributed by atoms with Crippen LogP contribution in [0.3, 0.4) is 0 Å². The van der Waals surface area contributed by atoms with Gasteiger partial charge in [-0.05, 0) is 19.6 Å². The first-order valence-electron chi connectivity index (χ1n) is 4.13. The zero-order valence-corrected chi connectivity index (χ0v) is 8.44. The molecule has 0 bridgehead atoms. The molecule has 0 spiro atoms. The smallest absolute Gasteiger partial charge is 0.515 e. The number of hydrogen-bond acceptors (Lipinski definition) is 12. The van der Waals surface area contributed by atoms with Gasteiger partial charge in [0.1, 0.15) is 0 Å². The molecule has 2 rings (SSSR count). The number of rotatable bonds is 4. The van der Waals surface area contributed by atoms with Crippen LogP contribution < -0.4 is 0 Å². The molecule has 0 saturated carbocycles. The van der Waals surface area contributed by atoms with Crippen LogP contribution in [0, 0.1) is 25.4 Å². The van der Waals surface area contributed by atoms with E-state index in [1.54, 1.807) is 0 Å². The maximum absolute atomic E-state index is 11.4. The van der Waals surface area contributed by atoms with Crippen molar-refractivity contribution in [2.75, 3.05) is 0 Å². The molecule has 0 unspecified atom stereocenters. The van der Waals surface area contributed by atoms with Crippen molar-refractivity contribution in [2.45, 2.75) is 0 Å². The quantitative estimate of drug-likeness (QED) is 0.318. The summed E-state index contributed by atoms with van der Waals surface area (Å²) >= 11 is 0. The number of azo groups is 1. The van der Waals surface area contributed by atoms with Crippen molar-refractivity contribution in [3.05, 3.63) is 25.4 Å². The molecule has 0 radical (unpaired) electrons. The number of aromatic nitrogens is 4. The Hall–Kier alpha value is -3.52. The van der Waals surface area contributed by atoms with E-state index in [0.29, 0.717) is 0 Å². The van der Waals surface area contributed by atoms with Gasteiger partial charge in [-0.3, -0.25) is 0 Å². The minimum absolute atomic E-state index is 0.429. The normalized spacial score (nSPS) is 11.5. The van der Waals surface area contributed by atoms with E-state index in [4.69, 9.17) is 0 Å². The fourth-order valence-corrected chi connectivity index (χ4v) is 0.906. The van der Waals surface area contributed by atoms with E-state index in [1.165, 1.54) is 0 Å². The van der Waals surface area contributed by atoms with Crippen molar-refractivity contribution in [3.63, 3.8) is 0 Å². The summed E-state index contributed by atoms with van der Waals surface area (Å²) in [6, 6.07) is 0. The Morgan fingerprint density at radius 3 is 2.00 bits per heavy atom. The Labute approximate surface area is 99.5 Å². The van der Waals surface area contributed by atoms with Crippen molar-refractivity contribution in [1.29, 1.82) is 0 Å². The van der Waals surface area contributed by atoms with Crippen LogP contribution in [-0.2, 0) is 0 Å². The van der Waals surface area contributed by atoms with Crippen LogP contribution in [0.25, 0.3) is 0 Å². The molecule has 0 aliphatic carbocycles. The third-order valence-electron chi connectivity index (χ3n) is 1.62. The van der Waals surface area contributed by atoms with E-state index in [-0.39, 0.29) is 0 Å². The van der Waals surface area contributed by atoms with E-state index in [0.717, 1.165) is 0 Å². The first kappa shape index (κ1) is 12.0. The molecule has 0 saturated heterocycles. The summed E-state index contributed by atoms with van der Waals surface area (Å²) in [5.74, 6) is -3.67. The summed E-state index contributed by atoms with van der Waals surface area (Å²) in [5, 5.41) is 47.0. The lowest BCUT2D eigenvalue weighted by molar-refractivity contribution is -0.460. The second kappa shape index (κ2) is 4.39. The van der Waals surface area contributed by atoms with E-state index in [1.807, 2.05) is 0 Å². The molecule has 0 atom stereocenters. The summed E-state index contributed by atoms with van der Waals surface area (Å²) < 4.78 is 8.00. The summed E-state index contributed by atoms with van der Waals surface area (Å²) in [6.07, 6.45) is 0. The van der Waals surface area contributed by atoms with Gasteiger partial charge in [-0.25, -0.2) is 0 Å². The van der Waals surface area contributed by atoms with Gasteiger partial charge in [0, 0.05) is 5.16 Å². The molecular weight excluding hydrogens is 272 g/mol. The first-order valence-corrected chi connectivity index (χ1v) is 4.13. The fraction of sp³-hybridized carbons (Fsp3) is 0. The van der Waals surface area contributed by atoms with Gasteiger partial charge in [-0.15, -0.1) is 9.49 Å². The standard InChI is InChI=1S/C4N8O7/c13-10(3-4(12(16)17)9-19-8-3)5-1-2(11(14)15)7-18-6-1. The van der Waals surface area contributed by atoms with Crippen LogP contribution in [-0.4, -0.2) is 35.3 Å². The van der Waals surface area contributed by atoms with Crippen molar-refractivity contribution in [1.82, 2.24) is 20.6 Å². The van der Waals surface area contributed by atoms with E-state index in [2.05, 4.69) is 35.0 Å². The number of nitrogens with zero attached hydrogens (tertiary/aromatic N) is 8. The number of nitro groups is 2. The van der Waals surface area contributed by atoms with Crippen molar-refractivity contribution >= 4 is 23.3 Å². The molecule has 15 nitrogen and oxygen atoms in total. The van der Waals surface area contributed by atoms with Gasteiger partial charge in [0.05, 0.1) is 0 Å². The fourth-order valence-electron chi connectivity index (χ4n) is 0.906. The largest absolute Gasteiger partial charge is 0.690 e. The Kier molecular flexibility index (Phi) is 2.76. The van der Waals surface area contributed by atoms with Crippen molar-refractivity contribution in [2.24, 2.45) is 5.11 Å². The summed E-state index contributed by atoms with van der Waals surface area (Å²) in [7, 11) is 0. The van der Waals surface area contributed by atoms with E-state index >= 15 is 0 Å². The van der Waals surface area contributed by atoms with Gasteiger partial charge in [-0.2, -0.15) is 0 Å². The predicted octanol–water partition coefficient (Wildman–Crippen LogP) is 0.195. The Morgan fingerprint density at radius 2 is 1.37 bits per heavy atom. The molecule has 0 aromatic carbocycles. The monoisotopic (exact) mass is 272 g/mol. The van der Waals surface area contributed by atoms with Crippen LogP contribution in [0.1, 0.15) is 0 Å². The van der Waals surface area contributed by atoms with Crippen LogP contribution >= 0.6 is 0 Å². The lowest BCUT2D eigenvalue weighted by Gasteiger charge is -1.96. The highest BCUT2D eigenvalue weighted by atomic mass is 16.7. The van der Waals surface area contributed by atoms with E-state index < -0.39 is 38.0 Å². The summed E-state index contributed by atoms with van der Waals surface area (Å²) in [4.78, 5) is 18.4. The van der Waals surface area contributed by atoms with Crippen LogP contribution in [0.15, 0.2) is 14.4 Å². The van der Waals surface area contributed by atoms with Crippen LogP contribution in [0.2, 0.25) is 0 Å².